The molecule has 1 amide bonds. The maximum absolute atomic E-state index is 13.6. The zero-order chi connectivity index (χ0) is 19.9. The summed E-state index contributed by atoms with van der Waals surface area (Å²) in [5, 5.41) is 4.39. The average molecular weight is 411 g/mol. The lowest BCUT2D eigenvalue weighted by Gasteiger charge is -2.27. The predicted molar refractivity (Wildman–Crippen MR) is 103 cm³/mol. The summed E-state index contributed by atoms with van der Waals surface area (Å²) in [6.45, 7) is 7.02. The van der Waals surface area contributed by atoms with Gasteiger partial charge >= 0.3 is 6.09 Å². The van der Waals surface area contributed by atoms with Crippen molar-refractivity contribution in [1.82, 2.24) is 14.6 Å². The molecular weight excluding hydrogens is 394 g/mol. The summed E-state index contributed by atoms with van der Waals surface area (Å²) in [6.07, 6.45) is -0.693. The Hall–Kier alpha value is -2.38. The van der Waals surface area contributed by atoms with Gasteiger partial charge in [0, 0.05) is 12.1 Å². The Kier molecular flexibility index (Phi) is 5.01. The lowest BCUT2D eigenvalue weighted by Crippen LogP contribution is -2.35. The van der Waals surface area contributed by atoms with E-state index < -0.39 is 17.5 Å². The van der Waals surface area contributed by atoms with Crippen molar-refractivity contribution in [2.24, 2.45) is 0 Å². The van der Waals surface area contributed by atoms with Gasteiger partial charge in [0.1, 0.15) is 22.4 Å². The molecule has 6 nitrogen and oxygen atoms in total. The highest BCUT2D eigenvalue weighted by atomic mass is 35.5. The van der Waals surface area contributed by atoms with E-state index in [9.17, 15) is 9.18 Å². The summed E-state index contributed by atoms with van der Waals surface area (Å²) < 4.78 is 20.6. The molecule has 0 fully saturated rings. The van der Waals surface area contributed by atoms with E-state index >= 15 is 0 Å². The Bertz CT molecular complexity index is 1030. The van der Waals surface area contributed by atoms with Crippen LogP contribution in [0.4, 0.5) is 20.7 Å². The SMILES string of the molecule is Cc1cc2nc(Cl)cc(N(C(=O)OC(C)(C)C)c3ccc(F)c(Cl)c3)n2n1. The summed E-state index contributed by atoms with van der Waals surface area (Å²) in [5.41, 5.74) is 0.686. The predicted octanol–water partition coefficient (Wildman–Crippen LogP) is 5.56. The van der Waals surface area contributed by atoms with Gasteiger partial charge in [0.15, 0.2) is 5.65 Å². The zero-order valence-corrected chi connectivity index (χ0v) is 16.6. The number of hydrogen-bond acceptors (Lipinski definition) is 4. The molecular formula is C18H17Cl2FN4O2. The number of benzene rings is 1. The van der Waals surface area contributed by atoms with Crippen molar-refractivity contribution in [3.8, 4) is 0 Å². The van der Waals surface area contributed by atoms with Crippen LogP contribution in [0.25, 0.3) is 5.65 Å². The Morgan fingerprint density at radius 1 is 1.22 bits per heavy atom. The van der Waals surface area contributed by atoms with Crippen molar-refractivity contribution in [1.29, 1.82) is 0 Å². The molecule has 9 heteroatoms. The van der Waals surface area contributed by atoms with Gasteiger partial charge in [0.05, 0.1) is 16.4 Å². The first-order valence-electron chi connectivity index (χ1n) is 8.06. The first kappa shape index (κ1) is 19.4. The normalized spacial score (nSPS) is 11.7. The second-order valence-electron chi connectivity index (χ2n) is 6.91. The van der Waals surface area contributed by atoms with Crippen molar-refractivity contribution in [2.45, 2.75) is 33.3 Å². The summed E-state index contributed by atoms with van der Waals surface area (Å²) in [4.78, 5) is 18.4. The van der Waals surface area contributed by atoms with Crippen LogP contribution in [0.15, 0.2) is 30.3 Å². The number of anilines is 2. The molecule has 0 aliphatic rings. The van der Waals surface area contributed by atoms with Crippen LogP contribution in [0.2, 0.25) is 10.2 Å². The molecule has 0 saturated heterocycles. The summed E-state index contributed by atoms with van der Waals surface area (Å²) >= 11 is 12.1. The third kappa shape index (κ3) is 4.14. The highest BCUT2D eigenvalue weighted by Crippen LogP contribution is 2.32. The minimum atomic E-state index is -0.755. The molecule has 0 aliphatic carbocycles. The van der Waals surface area contributed by atoms with E-state index in [0.717, 1.165) is 0 Å². The topological polar surface area (TPSA) is 59.7 Å². The molecule has 3 aromatic rings. The number of aromatic nitrogens is 3. The zero-order valence-electron chi connectivity index (χ0n) is 15.1. The van der Waals surface area contributed by atoms with Crippen molar-refractivity contribution in [2.75, 3.05) is 4.90 Å². The minimum Gasteiger partial charge on any atom is -0.443 e. The van der Waals surface area contributed by atoms with E-state index in [1.54, 1.807) is 33.8 Å². The number of aryl methyl sites for hydroxylation is 1. The van der Waals surface area contributed by atoms with Crippen LogP contribution in [0.3, 0.4) is 0 Å². The fourth-order valence-corrected chi connectivity index (χ4v) is 2.82. The number of fused-ring (bicyclic) bond motifs is 1. The summed E-state index contributed by atoms with van der Waals surface area (Å²) in [7, 11) is 0. The molecule has 142 valence electrons. The van der Waals surface area contributed by atoms with Gasteiger partial charge < -0.3 is 4.74 Å². The largest absolute Gasteiger partial charge is 0.443 e. The first-order chi connectivity index (χ1) is 12.5. The second kappa shape index (κ2) is 6.98. The van der Waals surface area contributed by atoms with Gasteiger partial charge in [-0.05, 0) is 45.9 Å². The lowest BCUT2D eigenvalue weighted by atomic mass is 10.2. The average Bonchev–Trinajstić information content (AvgIpc) is 2.89. The van der Waals surface area contributed by atoms with Crippen LogP contribution >= 0.6 is 23.2 Å². The smallest absolute Gasteiger partial charge is 0.420 e. The number of carbonyl (C=O) groups is 1. The quantitative estimate of drug-likeness (QED) is 0.519. The van der Waals surface area contributed by atoms with Gasteiger partial charge in [-0.15, -0.1) is 0 Å². The van der Waals surface area contributed by atoms with Crippen molar-refractivity contribution < 1.29 is 13.9 Å². The Balaban J connectivity index is 2.24. The van der Waals surface area contributed by atoms with Crippen LogP contribution in [-0.2, 0) is 4.74 Å². The maximum atomic E-state index is 13.6. The number of carbonyl (C=O) groups excluding carboxylic acids is 1. The fraction of sp³-hybridized carbons (Fsp3) is 0.278. The number of nitrogens with zero attached hydrogens (tertiary/aromatic N) is 4. The Morgan fingerprint density at radius 3 is 2.56 bits per heavy atom. The van der Waals surface area contributed by atoms with E-state index in [1.165, 1.54) is 33.7 Å². The van der Waals surface area contributed by atoms with E-state index in [4.69, 9.17) is 27.9 Å². The highest BCUT2D eigenvalue weighted by Gasteiger charge is 2.28. The Morgan fingerprint density at radius 2 is 1.93 bits per heavy atom. The third-order valence-corrected chi connectivity index (χ3v) is 3.95. The van der Waals surface area contributed by atoms with Gasteiger partial charge in [0.2, 0.25) is 0 Å². The number of amides is 1. The maximum Gasteiger partial charge on any atom is 0.420 e. The van der Waals surface area contributed by atoms with Gasteiger partial charge in [-0.1, -0.05) is 23.2 Å². The highest BCUT2D eigenvalue weighted by molar-refractivity contribution is 6.31. The van der Waals surface area contributed by atoms with Gasteiger partial charge in [-0.3, -0.25) is 0 Å². The molecule has 0 bridgehead atoms. The van der Waals surface area contributed by atoms with Gasteiger partial charge in [0.25, 0.3) is 0 Å². The number of rotatable bonds is 2. The standard InChI is InChI=1S/C18H17Cl2FN4O2/c1-10-7-15-22-14(20)9-16(25(15)23-10)24(17(26)27-18(2,3)4)11-5-6-13(21)12(19)8-11/h5-9H,1-4H3. The number of hydrogen-bond donors (Lipinski definition) is 0. The van der Waals surface area contributed by atoms with E-state index in [0.29, 0.717) is 17.0 Å². The van der Waals surface area contributed by atoms with Gasteiger partial charge in [-0.2, -0.15) is 9.61 Å². The monoisotopic (exact) mass is 410 g/mol. The summed E-state index contributed by atoms with van der Waals surface area (Å²) in [5.74, 6) is -0.313. The van der Waals surface area contributed by atoms with Gasteiger partial charge in [-0.25, -0.2) is 19.1 Å². The second-order valence-corrected chi connectivity index (χ2v) is 7.70. The summed E-state index contributed by atoms with van der Waals surface area (Å²) in [6, 6.07) is 7.12. The lowest BCUT2D eigenvalue weighted by molar-refractivity contribution is 0.0597. The Labute approximate surface area is 165 Å². The van der Waals surface area contributed by atoms with E-state index in [1.807, 2.05) is 0 Å². The molecule has 0 aliphatic heterocycles. The molecule has 27 heavy (non-hydrogen) atoms. The first-order valence-corrected chi connectivity index (χ1v) is 8.82. The molecule has 0 unspecified atom stereocenters. The number of ether oxygens (including phenoxy) is 1. The van der Waals surface area contributed by atoms with Crippen LogP contribution < -0.4 is 4.90 Å². The molecule has 2 heterocycles. The van der Waals surface area contributed by atoms with Crippen molar-refractivity contribution in [3.05, 3.63) is 52.0 Å². The third-order valence-electron chi connectivity index (χ3n) is 3.47. The van der Waals surface area contributed by atoms with Crippen LogP contribution in [0, 0.1) is 12.7 Å². The molecule has 2 aromatic heterocycles. The van der Waals surface area contributed by atoms with Crippen molar-refractivity contribution in [3.63, 3.8) is 0 Å². The minimum absolute atomic E-state index is 0.130. The van der Waals surface area contributed by atoms with Crippen LogP contribution in [0.5, 0.6) is 0 Å². The molecule has 0 spiro atoms. The van der Waals surface area contributed by atoms with Crippen LogP contribution in [0.1, 0.15) is 26.5 Å². The molecule has 0 atom stereocenters. The van der Waals surface area contributed by atoms with Crippen molar-refractivity contribution >= 4 is 46.4 Å². The molecule has 0 N–H and O–H groups in total. The van der Waals surface area contributed by atoms with Crippen LogP contribution in [-0.4, -0.2) is 26.3 Å². The molecule has 0 saturated carbocycles. The fourth-order valence-electron chi connectivity index (χ4n) is 2.47. The molecule has 0 radical (unpaired) electrons. The van der Waals surface area contributed by atoms with E-state index in [-0.39, 0.29) is 16.0 Å². The number of halogens is 3. The molecule has 1 aromatic carbocycles. The molecule has 3 rings (SSSR count). The van der Waals surface area contributed by atoms with E-state index in [2.05, 4.69) is 10.1 Å².